The van der Waals surface area contributed by atoms with Crippen LogP contribution in [0.15, 0.2) is 0 Å². The lowest BCUT2D eigenvalue weighted by Crippen LogP contribution is -2.44. The average Bonchev–Trinajstić information content (AvgIpc) is 2.17. The second-order valence-electron chi connectivity index (χ2n) is 5.31. The van der Waals surface area contributed by atoms with Crippen LogP contribution < -0.4 is 5.32 Å². The van der Waals surface area contributed by atoms with Crippen molar-refractivity contribution >= 4 is 0 Å². The van der Waals surface area contributed by atoms with Gasteiger partial charge in [0, 0.05) is 6.54 Å². The van der Waals surface area contributed by atoms with Crippen molar-refractivity contribution in [3.05, 3.63) is 0 Å². The molecule has 2 atom stereocenters. The molecule has 90 valence electrons. The smallest absolute Gasteiger partial charge is 0.0774 e. The van der Waals surface area contributed by atoms with E-state index >= 15 is 0 Å². The number of rotatable bonds is 6. The molecule has 2 nitrogen and oxygen atoms in total. The fourth-order valence-electron chi connectivity index (χ4n) is 2.61. The van der Waals surface area contributed by atoms with E-state index in [9.17, 15) is 5.11 Å². The summed E-state index contributed by atoms with van der Waals surface area (Å²) >= 11 is 0. The fourth-order valence-corrected chi connectivity index (χ4v) is 2.61. The van der Waals surface area contributed by atoms with Gasteiger partial charge in [0.15, 0.2) is 0 Å². The zero-order chi connectivity index (χ0) is 11.1. The molecule has 2 heteroatoms. The number of unbranched alkanes of at least 4 members (excludes halogenated alkanes) is 2. The van der Waals surface area contributed by atoms with Crippen molar-refractivity contribution in [3.63, 3.8) is 0 Å². The summed E-state index contributed by atoms with van der Waals surface area (Å²) in [5.74, 6) is 0.696. The SMILES string of the molecule is CCCCCNCC1(O)CCCC(C)C1. The van der Waals surface area contributed by atoms with E-state index in [1.807, 2.05) is 0 Å². The summed E-state index contributed by atoms with van der Waals surface area (Å²) < 4.78 is 0. The van der Waals surface area contributed by atoms with Gasteiger partial charge in [-0.15, -0.1) is 0 Å². The number of hydrogen-bond donors (Lipinski definition) is 2. The van der Waals surface area contributed by atoms with E-state index in [0.717, 1.165) is 25.9 Å². The molecular weight excluding hydrogens is 186 g/mol. The molecule has 0 spiro atoms. The summed E-state index contributed by atoms with van der Waals surface area (Å²) in [6.45, 7) is 6.32. The first-order valence-electron chi connectivity index (χ1n) is 6.59. The first kappa shape index (κ1) is 13.0. The molecule has 0 saturated heterocycles. The van der Waals surface area contributed by atoms with Gasteiger partial charge in [0.25, 0.3) is 0 Å². The summed E-state index contributed by atoms with van der Waals surface area (Å²) in [6.07, 6.45) is 8.24. The molecule has 1 fully saturated rings. The fraction of sp³-hybridized carbons (Fsp3) is 1.00. The zero-order valence-electron chi connectivity index (χ0n) is 10.4. The van der Waals surface area contributed by atoms with Gasteiger partial charge in [-0.2, -0.15) is 0 Å². The van der Waals surface area contributed by atoms with Crippen molar-refractivity contribution in [2.24, 2.45) is 5.92 Å². The molecule has 0 aromatic rings. The van der Waals surface area contributed by atoms with E-state index in [2.05, 4.69) is 19.2 Å². The maximum Gasteiger partial charge on any atom is 0.0774 e. The molecule has 1 rings (SSSR count). The van der Waals surface area contributed by atoms with Crippen molar-refractivity contribution in [2.45, 2.75) is 64.4 Å². The molecule has 0 amide bonds. The minimum Gasteiger partial charge on any atom is -0.389 e. The van der Waals surface area contributed by atoms with Crippen molar-refractivity contribution in [1.29, 1.82) is 0 Å². The van der Waals surface area contributed by atoms with Crippen LogP contribution in [0, 0.1) is 5.92 Å². The molecule has 0 heterocycles. The molecule has 2 N–H and O–H groups in total. The zero-order valence-corrected chi connectivity index (χ0v) is 10.4. The predicted octanol–water partition coefficient (Wildman–Crippen LogP) is 2.71. The number of nitrogens with one attached hydrogen (secondary N) is 1. The third kappa shape index (κ3) is 4.98. The van der Waals surface area contributed by atoms with E-state index in [1.54, 1.807) is 0 Å². The summed E-state index contributed by atoms with van der Waals surface area (Å²) in [4.78, 5) is 0. The van der Waals surface area contributed by atoms with Gasteiger partial charge in [0.1, 0.15) is 0 Å². The monoisotopic (exact) mass is 213 g/mol. The molecule has 0 aromatic carbocycles. The molecule has 0 radical (unpaired) electrons. The summed E-state index contributed by atoms with van der Waals surface area (Å²) in [6, 6.07) is 0. The Morgan fingerprint density at radius 3 is 2.87 bits per heavy atom. The average molecular weight is 213 g/mol. The van der Waals surface area contributed by atoms with E-state index in [4.69, 9.17) is 0 Å². The molecule has 15 heavy (non-hydrogen) atoms. The topological polar surface area (TPSA) is 32.3 Å². The third-order valence-corrected chi connectivity index (χ3v) is 3.48. The second kappa shape index (κ2) is 6.49. The second-order valence-corrected chi connectivity index (χ2v) is 5.31. The minimum atomic E-state index is -0.413. The quantitative estimate of drug-likeness (QED) is 0.665. The maximum absolute atomic E-state index is 10.3. The van der Waals surface area contributed by atoms with E-state index < -0.39 is 5.60 Å². The molecule has 1 saturated carbocycles. The highest BCUT2D eigenvalue weighted by atomic mass is 16.3. The van der Waals surface area contributed by atoms with Crippen molar-refractivity contribution in [3.8, 4) is 0 Å². The normalized spacial score (nSPS) is 31.8. The minimum absolute atomic E-state index is 0.413. The van der Waals surface area contributed by atoms with Crippen LogP contribution in [0.2, 0.25) is 0 Å². The van der Waals surface area contributed by atoms with Crippen LogP contribution in [0.3, 0.4) is 0 Å². The van der Waals surface area contributed by atoms with Crippen molar-refractivity contribution in [1.82, 2.24) is 5.32 Å². The lowest BCUT2D eigenvalue weighted by molar-refractivity contribution is -0.0115. The van der Waals surface area contributed by atoms with Gasteiger partial charge in [-0.25, -0.2) is 0 Å². The standard InChI is InChI=1S/C13H27NO/c1-3-4-5-9-14-11-13(15)8-6-7-12(2)10-13/h12,14-15H,3-11H2,1-2H3. The Hall–Kier alpha value is -0.0800. The Kier molecular flexibility index (Phi) is 5.62. The Morgan fingerprint density at radius 2 is 2.20 bits per heavy atom. The number of aliphatic hydroxyl groups is 1. The van der Waals surface area contributed by atoms with Gasteiger partial charge in [0.05, 0.1) is 5.60 Å². The Labute approximate surface area is 94.5 Å². The van der Waals surface area contributed by atoms with Crippen LogP contribution in [0.1, 0.15) is 58.8 Å². The van der Waals surface area contributed by atoms with Crippen LogP contribution in [-0.4, -0.2) is 23.8 Å². The summed E-state index contributed by atoms with van der Waals surface area (Å²) in [5, 5.41) is 13.7. The summed E-state index contributed by atoms with van der Waals surface area (Å²) in [5.41, 5.74) is -0.413. The molecule has 1 aliphatic rings. The third-order valence-electron chi connectivity index (χ3n) is 3.48. The highest BCUT2D eigenvalue weighted by Gasteiger charge is 2.31. The predicted molar refractivity (Wildman–Crippen MR) is 65.0 cm³/mol. The lowest BCUT2D eigenvalue weighted by atomic mass is 9.79. The Balaban J connectivity index is 2.12. The van der Waals surface area contributed by atoms with E-state index in [-0.39, 0.29) is 0 Å². The maximum atomic E-state index is 10.3. The van der Waals surface area contributed by atoms with Gasteiger partial charge in [0.2, 0.25) is 0 Å². The first-order valence-corrected chi connectivity index (χ1v) is 6.59. The molecular formula is C13H27NO. The van der Waals surface area contributed by atoms with Gasteiger partial charge in [-0.1, -0.05) is 39.5 Å². The van der Waals surface area contributed by atoms with Gasteiger partial charge in [-0.05, 0) is 31.7 Å². The highest BCUT2D eigenvalue weighted by Crippen LogP contribution is 2.31. The molecule has 0 aliphatic heterocycles. The molecule has 2 unspecified atom stereocenters. The van der Waals surface area contributed by atoms with E-state index in [0.29, 0.717) is 5.92 Å². The van der Waals surface area contributed by atoms with E-state index in [1.165, 1.54) is 32.1 Å². The largest absolute Gasteiger partial charge is 0.389 e. The van der Waals surface area contributed by atoms with Crippen molar-refractivity contribution in [2.75, 3.05) is 13.1 Å². The van der Waals surface area contributed by atoms with Crippen LogP contribution in [0.25, 0.3) is 0 Å². The van der Waals surface area contributed by atoms with Crippen LogP contribution in [-0.2, 0) is 0 Å². The molecule has 1 aliphatic carbocycles. The lowest BCUT2D eigenvalue weighted by Gasteiger charge is -2.35. The number of hydrogen-bond acceptors (Lipinski definition) is 2. The van der Waals surface area contributed by atoms with Gasteiger partial charge >= 0.3 is 0 Å². The Morgan fingerprint density at radius 1 is 1.40 bits per heavy atom. The van der Waals surface area contributed by atoms with Gasteiger partial charge in [-0.3, -0.25) is 0 Å². The van der Waals surface area contributed by atoms with Crippen LogP contribution >= 0.6 is 0 Å². The Bertz CT molecular complexity index is 172. The van der Waals surface area contributed by atoms with Gasteiger partial charge < -0.3 is 10.4 Å². The highest BCUT2D eigenvalue weighted by molar-refractivity contribution is 4.86. The van der Waals surface area contributed by atoms with Crippen LogP contribution in [0.4, 0.5) is 0 Å². The first-order chi connectivity index (χ1) is 7.16. The van der Waals surface area contributed by atoms with Crippen LogP contribution in [0.5, 0.6) is 0 Å². The molecule has 0 aromatic heterocycles. The van der Waals surface area contributed by atoms with Crippen molar-refractivity contribution < 1.29 is 5.11 Å². The molecule has 0 bridgehead atoms. The summed E-state index contributed by atoms with van der Waals surface area (Å²) in [7, 11) is 0.